The first-order valence-electron chi connectivity index (χ1n) is 5.30. The Kier molecular flexibility index (Phi) is 5.53. The standard InChI is InChI=1S/C10H18N2.W/c1-3-7-11-9(5-1)10-6-2-4-8-12-10;/h9-10H,1-8H2;/q-2;+2. The molecule has 0 aromatic carbocycles. The number of hydrogen-bond donors (Lipinski definition) is 0. The molecule has 13 heavy (non-hydrogen) atoms. The quantitative estimate of drug-likeness (QED) is 0.696. The molecule has 74 valence electrons. The van der Waals surface area contributed by atoms with Crippen LogP contribution >= 0.6 is 0 Å². The van der Waals surface area contributed by atoms with Crippen LogP contribution in [0.4, 0.5) is 0 Å². The van der Waals surface area contributed by atoms with E-state index in [0.717, 1.165) is 13.1 Å². The third kappa shape index (κ3) is 3.34. The summed E-state index contributed by atoms with van der Waals surface area (Å²) < 4.78 is 0. The maximum Gasteiger partial charge on any atom is 2.00 e. The smallest absolute Gasteiger partial charge is 0.661 e. The second-order valence-electron chi connectivity index (χ2n) is 3.94. The molecule has 0 bridgehead atoms. The van der Waals surface area contributed by atoms with Crippen molar-refractivity contribution >= 4 is 0 Å². The van der Waals surface area contributed by atoms with Gasteiger partial charge in [-0.25, -0.2) is 0 Å². The van der Waals surface area contributed by atoms with Gasteiger partial charge in [0, 0.05) is 0 Å². The van der Waals surface area contributed by atoms with Crippen LogP contribution in [-0.2, 0) is 21.1 Å². The summed E-state index contributed by atoms with van der Waals surface area (Å²) >= 11 is 0. The molecule has 2 saturated heterocycles. The van der Waals surface area contributed by atoms with Crippen molar-refractivity contribution in [2.75, 3.05) is 13.1 Å². The van der Waals surface area contributed by atoms with E-state index < -0.39 is 0 Å². The van der Waals surface area contributed by atoms with Crippen LogP contribution in [0.3, 0.4) is 0 Å². The molecule has 0 radical (unpaired) electrons. The molecule has 0 N–H and O–H groups in total. The number of rotatable bonds is 1. The Labute approximate surface area is 95.5 Å². The summed E-state index contributed by atoms with van der Waals surface area (Å²) in [5.41, 5.74) is 0. The van der Waals surface area contributed by atoms with Crippen molar-refractivity contribution in [3.05, 3.63) is 10.6 Å². The molecule has 3 heteroatoms. The van der Waals surface area contributed by atoms with Gasteiger partial charge in [0.25, 0.3) is 0 Å². The minimum Gasteiger partial charge on any atom is -0.661 e. The first-order chi connectivity index (χ1) is 5.97. The SMILES string of the molecule is C1CCC(C2CCCC[N-]2)[N-]C1.[W+2]. The van der Waals surface area contributed by atoms with Gasteiger partial charge in [-0.3, -0.25) is 0 Å². The van der Waals surface area contributed by atoms with Crippen LogP contribution in [0.15, 0.2) is 0 Å². The summed E-state index contributed by atoms with van der Waals surface area (Å²) in [5, 5.41) is 9.32. The van der Waals surface area contributed by atoms with E-state index in [9.17, 15) is 0 Å². The third-order valence-electron chi connectivity index (χ3n) is 2.99. The van der Waals surface area contributed by atoms with Crippen LogP contribution in [0, 0.1) is 0 Å². The zero-order chi connectivity index (χ0) is 8.23. The van der Waals surface area contributed by atoms with Crippen LogP contribution in [-0.4, -0.2) is 25.2 Å². The Morgan fingerprint density at radius 3 is 1.46 bits per heavy atom. The molecule has 2 nitrogen and oxygen atoms in total. The Balaban J connectivity index is 0.000000845. The Bertz CT molecular complexity index is 113. The first kappa shape index (κ1) is 11.7. The van der Waals surface area contributed by atoms with E-state index in [1.807, 2.05) is 0 Å². The minimum absolute atomic E-state index is 0. The third-order valence-corrected chi connectivity index (χ3v) is 2.99. The second-order valence-corrected chi connectivity index (χ2v) is 3.94. The zero-order valence-electron chi connectivity index (χ0n) is 8.11. The maximum atomic E-state index is 4.66. The van der Waals surface area contributed by atoms with Crippen LogP contribution < -0.4 is 0 Å². The second kappa shape index (κ2) is 6.16. The fourth-order valence-electron chi connectivity index (χ4n) is 2.26. The molecule has 0 aromatic rings. The average Bonchev–Trinajstić information content (AvgIpc) is 2.21. The van der Waals surface area contributed by atoms with E-state index >= 15 is 0 Å². The van der Waals surface area contributed by atoms with Crippen molar-refractivity contribution < 1.29 is 21.1 Å². The summed E-state index contributed by atoms with van der Waals surface area (Å²) in [5.74, 6) is 0. The predicted octanol–water partition coefficient (Wildman–Crippen LogP) is 2.84. The topological polar surface area (TPSA) is 28.2 Å². The predicted molar refractivity (Wildman–Crippen MR) is 51.7 cm³/mol. The minimum atomic E-state index is 0. The van der Waals surface area contributed by atoms with Crippen LogP contribution in [0.5, 0.6) is 0 Å². The molecule has 2 atom stereocenters. The summed E-state index contributed by atoms with van der Waals surface area (Å²) in [6.45, 7) is 2.19. The van der Waals surface area contributed by atoms with E-state index in [1.165, 1.54) is 38.5 Å². The molecule has 2 unspecified atom stereocenters. The van der Waals surface area contributed by atoms with Gasteiger partial charge in [-0.05, 0) is 0 Å². The number of piperidine rings is 2. The molecular weight excluding hydrogens is 332 g/mol. The van der Waals surface area contributed by atoms with Gasteiger partial charge >= 0.3 is 21.1 Å². The summed E-state index contributed by atoms with van der Waals surface area (Å²) in [7, 11) is 0. The van der Waals surface area contributed by atoms with Gasteiger partial charge in [0.15, 0.2) is 0 Å². The van der Waals surface area contributed by atoms with Crippen molar-refractivity contribution in [2.24, 2.45) is 0 Å². The monoisotopic (exact) mass is 350 g/mol. The van der Waals surface area contributed by atoms with Gasteiger partial charge in [-0.15, -0.1) is 13.1 Å². The van der Waals surface area contributed by atoms with Gasteiger partial charge < -0.3 is 10.6 Å². The van der Waals surface area contributed by atoms with Gasteiger partial charge in [-0.2, -0.15) is 12.1 Å². The molecule has 2 fully saturated rings. The van der Waals surface area contributed by atoms with E-state index in [0.29, 0.717) is 12.1 Å². The molecule has 2 aliphatic rings. The summed E-state index contributed by atoms with van der Waals surface area (Å²) in [6, 6.07) is 1.19. The van der Waals surface area contributed by atoms with E-state index in [1.54, 1.807) is 0 Å². The normalized spacial score (nSPS) is 35.1. The van der Waals surface area contributed by atoms with E-state index in [4.69, 9.17) is 0 Å². The zero-order valence-corrected chi connectivity index (χ0v) is 11.0. The number of nitrogens with zero attached hydrogens (tertiary/aromatic N) is 2. The molecule has 0 aliphatic carbocycles. The molecule has 0 saturated carbocycles. The van der Waals surface area contributed by atoms with Crippen molar-refractivity contribution in [3.63, 3.8) is 0 Å². The van der Waals surface area contributed by atoms with Crippen LogP contribution in [0.25, 0.3) is 10.6 Å². The summed E-state index contributed by atoms with van der Waals surface area (Å²) in [6.07, 6.45) is 7.97. The van der Waals surface area contributed by atoms with Crippen molar-refractivity contribution in [3.8, 4) is 0 Å². The Morgan fingerprint density at radius 1 is 0.692 bits per heavy atom. The molecule has 0 amide bonds. The number of hydrogen-bond acceptors (Lipinski definition) is 0. The molecular formula is C10H18N2W. The van der Waals surface area contributed by atoms with Gasteiger partial charge in [0.2, 0.25) is 0 Å². The van der Waals surface area contributed by atoms with E-state index in [2.05, 4.69) is 10.6 Å². The Hall–Kier alpha value is 0.608. The molecule has 0 spiro atoms. The van der Waals surface area contributed by atoms with Crippen molar-refractivity contribution in [2.45, 2.75) is 50.6 Å². The van der Waals surface area contributed by atoms with E-state index in [-0.39, 0.29) is 21.1 Å². The van der Waals surface area contributed by atoms with Gasteiger partial charge in [-0.1, -0.05) is 38.5 Å². The average molecular weight is 350 g/mol. The molecule has 2 heterocycles. The maximum absolute atomic E-state index is 4.66. The van der Waals surface area contributed by atoms with Crippen molar-refractivity contribution in [1.82, 2.24) is 0 Å². The molecule has 2 aliphatic heterocycles. The van der Waals surface area contributed by atoms with Crippen molar-refractivity contribution in [1.29, 1.82) is 0 Å². The first-order valence-corrected chi connectivity index (χ1v) is 5.30. The van der Waals surface area contributed by atoms with Crippen LogP contribution in [0.1, 0.15) is 38.5 Å². The van der Waals surface area contributed by atoms with Gasteiger partial charge in [0.1, 0.15) is 0 Å². The molecule has 0 aromatic heterocycles. The largest absolute Gasteiger partial charge is 2.00 e. The fraction of sp³-hybridized carbons (Fsp3) is 1.00. The molecule has 2 rings (SSSR count). The fourth-order valence-corrected chi connectivity index (χ4v) is 2.26. The Morgan fingerprint density at radius 2 is 1.15 bits per heavy atom. The summed E-state index contributed by atoms with van der Waals surface area (Å²) in [4.78, 5) is 0. The van der Waals surface area contributed by atoms with Gasteiger partial charge in [0.05, 0.1) is 0 Å². The van der Waals surface area contributed by atoms with Crippen LogP contribution in [0.2, 0.25) is 0 Å².